The third-order valence-corrected chi connectivity index (χ3v) is 5.49. The molecule has 4 rings (SSSR count). The number of amides is 2. The van der Waals surface area contributed by atoms with E-state index in [-0.39, 0.29) is 27.7 Å². The highest BCUT2D eigenvalue weighted by Crippen LogP contribution is 2.38. The fraction of sp³-hybridized carbons (Fsp3) is 0.0870. The van der Waals surface area contributed by atoms with Crippen molar-refractivity contribution < 1.29 is 9.59 Å². The minimum Gasteiger partial charge on any atom is -0.398 e. The van der Waals surface area contributed by atoms with Gasteiger partial charge in [-0.3, -0.25) is 14.6 Å². The van der Waals surface area contributed by atoms with Crippen molar-refractivity contribution in [2.45, 2.75) is 6.04 Å². The van der Waals surface area contributed by atoms with E-state index in [0.717, 1.165) is 11.1 Å². The molecule has 2 amide bonds. The van der Waals surface area contributed by atoms with E-state index in [9.17, 15) is 9.59 Å². The highest BCUT2D eigenvalue weighted by molar-refractivity contribution is 6.32. The molecule has 1 unspecified atom stereocenters. The summed E-state index contributed by atoms with van der Waals surface area (Å²) in [4.78, 5) is 31.6. The standard InChI is InChI=1S/C23H19ClN4O2/c1-28-17-10-6-5-9-14(17)20(13-7-3-2-4-8-13)27-21(23(28)30)18-16(24)12-11-15(19(18)25)22(26)29/h2-12,21H,25H2,1H3,(H2,26,29). The summed E-state index contributed by atoms with van der Waals surface area (Å²) in [5.41, 5.74) is 15.1. The summed E-state index contributed by atoms with van der Waals surface area (Å²) >= 11 is 6.44. The molecule has 1 aliphatic heterocycles. The number of aliphatic imine (C=N–C) groups is 1. The van der Waals surface area contributed by atoms with Crippen LogP contribution in [0.1, 0.15) is 33.1 Å². The summed E-state index contributed by atoms with van der Waals surface area (Å²) in [6.45, 7) is 0. The molecule has 1 atom stereocenters. The van der Waals surface area contributed by atoms with Gasteiger partial charge in [0.05, 0.1) is 22.6 Å². The fourth-order valence-electron chi connectivity index (χ4n) is 3.64. The summed E-state index contributed by atoms with van der Waals surface area (Å²) in [5.74, 6) is -1.01. The molecule has 3 aromatic carbocycles. The molecule has 4 N–H and O–H groups in total. The van der Waals surface area contributed by atoms with Crippen molar-refractivity contribution in [1.29, 1.82) is 0 Å². The van der Waals surface area contributed by atoms with Crippen LogP contribution in [-0.4, -0.2) is 24.6 Å². The van der Waals surface area contributed by atoms with Crippen molar-refractivity contribution in [2.75, 3.05) is 17.7 Å². The number of nitrogens with zero attached hydrogens (tertiary/aromatic N) is 2. The zero-order valence-corrected chi connectivity index (χ0v) is 16.9. The Kier molecular flexibility index (Phi) is 5.01. The molecule has 0 radical (unpaired) electrons. The summed E-state index contributed by atoms with van der Waals surface area (Å²) in [7, 11) is 1.68. The average molecular weight is 419 g/mol. The maximum Gasteiger partial charge on any atom is 0.256 e. The predicted octanol–water partition coefficient (Wildman–Crippen LogP) is 3.58. The van der Waals surface area contributed by atoms with Gasteiger partial charge < -0.3 is 16.4 Å². The van der Waals surface area contributed by atoms with Gasteiger partial charge in [-0.05, 0) is 18.2 Å². The van der Waals surface area contributed by atoms with Gasteiger partial charge in [0, 0.05) is 28.8 Å². The number of nitrogen functional groups attached to an aromatic ring is 1. The lowest BCUT2D eigenvalue weighted by atomic mass is 9.98. The van der Waals surface area contributed by atoms with Crippen LogP contribution in [0.15, 0.2) is 71.7 Å². The molecule has 0 bridgehead atoms. The summed E-state index contributed by atoms with van der Waals surface area (Å²) < 4.78 is 0. The van der Waals surface area contributed by atoms with Crippen molar-refractivity contribution >= 4 is 40.5 Å². The second kappa shape index (κ2) is 7.65. The molecule has 0 spiro atoms. The molecule has 1 heterocycles. The molecule has 7 heteroatoms. The Morgan fingerprint density at radius 3 is 2.40 bits per heavy atom. The van der Waals surface area contributed by atoms with Crippen LogP contribution in [0.2, 0.25) is 5.02 Å². The van der Waals surface area contributed by atoms with Crippen molar-refractivity contribution in [1.82, 2.24) is 0 Å². The quantitative estimate of drug-likeness (QED) is 0.635. The first-order valence-electron chi connectivity index (χ1n) is 9.28. The minimum atomic E-state index is -1.04. The van der Waals surface area contributed by atoms with Crippen LogP contribution in [0.5, 0.6) is 0 Å². The number of halogens is 1. The molecule has 30 heavy (non-hydrogen) atoms. The number of benzodiazepines with no additional fused rings is 1. The van der Waals surface area contributed by atoms with E-state index in [1.807, 2.05) is 54.6 Å². The Morgan fingerprint density at radius 1 is 1.03 bits per heavy atom. The largest absolute Gasteiger partial charge is 0.398 e. The molecule has 6 nitrogen and oxygen atoms in total. The molecule has 0 aromatic heterocycles. The number of benzene rings is 3. The lowest BCUT2D eigenvalue weighted by Crippen LogP contribution is -2.31. The number of primary amides is 1. The van der Waals surface area contributed by atoms with Gasteiger partial charge in [0.15, 0.2) is 6.04 Å². The predicted molar refractivity (Wildman–Crippen MR) is 119 cm³/mol. The van der Waals surface area contributed by atoms with Crippen LogP contribution in [0, 0.1) is 0 Å². The number of para-hydroxylation sites is 1. The first-order valence-corrected chi connectivity index (χ1v) is 9.65. The van der Waals surface area contributed by atoms with E-state index in [2.05, 4.69) is 0 Å². The lowest BCUT2D eigenvalue weighted by Gasteiger charge is -2.22. The molecular weight excluding hydrogens is 400 g/mol. The molecule has 1 aliphatic rings. The van der Waals surface area contributed by atoms with Crippen LogP contribution in [-0.2, 0) is 4.79 Å². The second-order valence-corrected chi connectivity index (χ2v) is 7.35. The monoisotopic (exact) mass is 418 g/mol. The number of rotatable bonds is 3. The zero-order valence-electron chi connectivity index (χ0n) is 16.2. The van der Waals surface area contributed by atoms with Gasteiger partial charge in [0.25, 0.3) is 11.8 Å². The number of anilines is 2. The van der Waals surface area contributed by atoms with Crippen molar-refractivity contribution in [3.63, 3.8) is 0 Å². The topological polar surface area (TPSA) is 102 Å². The Labute approximate surface area is 178 Å². The molecule has 0 fully saturated rings. The normalized spacial score (nSPS) is 15.9. The highest BCUT2D eigenvalue weighted by atomic mass is 35.5. The fourth-order valence-corrected chi connectivity index (χ4v) is 3.91. The van der Waals surface area contributed by atoms with Crippen molar-refractivity contribution in [2.24, 2.45) is 10.7 Å². The smallest absolute Gasteiger partial charge is 0.256 e. The molecule has 150 valence electrons. The Morgan fingerprint density at radius 2 is 1.70 bits per heavy atom. The van der Waals surface area contributed by atoms with Gasteiger partial charge in [0.2, 0.25) is 0 Å². The first-order chi connectivity index (χ1) is 14.4. The number of carbonyl (C=O) groups excluding carboxylic acids is 2. The number of fused-ring (bicyclic) bond motifs is 1. The van der Waals surface area contributed by atoms with Gasteiger partial charge in [-0.2, -0.15) is 0 Å². The number of hydrogen-bond donors (Lipinski definition) is 2. The first kappa shape index (κ1) is 19.7. The van der Waals surface area contributed by atoms with Gasteiger partial charge in [-0.1, -0.05) is 60.1 Å². The van der Waals surface area contributed by atoms with Crippen LogP contribution in [0.25, 0.3) is 0 Å². The second-order valence-electron chi connectivity index (χ2n) is 6.95. The maximum atomic E-state index is 13.5. The maximum absolute atomic E-state index is 13.5. The van der Waals surface area contributed by atoms with Crippen molar-refractivity contribution in [3.8, 4) is 0 Å². The van der Waals surface area contributed by atoms with E-state index in [0.29, 0.717) is 11.4 Å². The van der Waals surface area contributed by atoms with E-state index in [1.165, 1.54) is 17.0 Å². The number of nitrogens with two attached hydrogens (primary N) is 2. The number of carbonyl (C=O) groups is 2. The van der Waals surface area contributed by atoms with Crippen molar-refractivity contribution in [3.05, 3.63) is 94.0 Å². The van der Waals surface area contributed by atoms with Crippen LogP contribution < -0.4 is 16.4 Å². The molecular formula is C23H19ClN4O2. The van der Waals surface area contributed by atoms with Gasteiger partial charge in [-0.15, -0.1) is 0 Å². The highest BCUT2D eigenvalue weighted by Gasteiger charge is 2.34. The Hall–Kier alpha value is -3.64. The SMILES string of the molecule is CN1C(=O)C(c2c(Cl)ccc(C(N)=O)c2N)N=C(c2ccccc2)c2ccccc21. The third kappa shape index (κ3) is 3.21. The van der Waals surface area contributed by atoms with Gasteiger partial charge >= 0.3 is 0 Å². The van der Waals surface area contributed by atoms with Gasteiger partial charge in [-0.25, -0.2) is 0 Å². The molecule has 3 aromatic rings. The zero-order chi connectivity index (χ0) is 21.4. The van der Waals surface area contributed by atoms with Crippen LogP contribution in [0.3, 0.4) is 0 Å². The van der Waals surface area contributed by atoms with E-state index >= 15 is 0 Å². The van der Waals surface area contributed by atoms with E-state index in [4.69, 9.17) is 28.1 Å². The summed E-state index contributed by atoms with van der Waals surface area (Å²) in [6, 6.07) is 19.0. The number of hydrogen-bond acceptors (Lipinski definition) is 4. The molecule has 0 aliphatic carbocycles. The summed E-state index contributed by atoms with van der Waals surface area (Å²) in [5, 5.41) is 0.242. The molecule has 0 saturated heterocycles. The van der Waals surface area contributed by atoms with E-state index in [1.54, 1.807) is 7.05 Å². The minimum absolute atomic E-state index is 0.0591. The Balaban J connectivity index is 2.02. The average Bonchev–Trinajstić information content (AvgIpc) is 2.85. The van der Waals surface area contributed by atoms with Gasteiger partial charge in [0.1, 0.15) is 0 Å². The Bertz CT molecular complexity index is 1190. The lowest BCUT2D eigenvalue weighted by molar-refractivity contribution is -0.119. The van der Waals surface area contributed by atoms with E-state index < -0.39 is 11.9 Å². The summed E-state index contributed by atoms with van der Waals surface area (Å²) in [6.07, 6.45) is 0. The van der Waals surface area contributed by atoms with Crippen LogP contribution in [0.4, 0.5) is 11.4 Å². The molecule has 0 saturated carbocycles. The number of likely N-dealkylation sites (N-methyl/N-ethyl adjacent to an activating group) is 1. The van der Waals surface area contributed by atoms with Crippen LogP contribution >= 0.6 is 11.6 Å². The third-order valence-electron chi connectivity index (χ3n) is 5.16.